The second-order valence-electron chi connectivity index (χ2n) is 11.3. The molecule has 6 aromatic rings. The van der Waals surface area contributed by atoms with Crippen LogP contribution in [0.2, 0.25) is 0 Å². The molecule has 16 nitrogen and oxygen atoms in total. The molecule has 20 heteroatoms. The van der Waals surface area contributed by atoms with E-state index in [0.29, 0.717) is 22.8 Å². The normalized spacial score (nSPS) is 11.5. The minimum atomic E-state index is -3.48. The molecule has 0 unspecified atom stereocenters. The van der Waals surface area contributed by atoms with E-state index in [2.05, 4.69) is 30.7 Å². The van der Waals surface area contributed by atoms with Crippen molar-refractivity contribution in [2.75, 3.05) is 12.5 Å². The van der Waals surface area contributed by atoms with Gasteiger partial charge in [0, 0.05) is 29.9 Å². The Morgan fingerprint density at radius 1 is 0.556 bits per heavy atom. The predicted molar refractivity (Wildman–Crippen MR) is 189 cm³/mol. The maximum atomic E-state index is 12.5. The van der Waals surface area contributed by atoms with Crippen LogP contribution in [0.25, 0.3) is 11.4 Å². The number of azo groups is 2. The number of sulfone groups is 2. The number of nitrogens with one attached hydrogen (secondary N) is 2. The second-order valence-corrected chi connectivity index (χ2v) is 15.4. The zero-order valence-electron chi connectivity index (χ0n) is 29.4. The maximum Gasteiger partial charge on any atom is 1.00 e. The second kappa shape index (κ2) is 18.0. The van der Waals surface area contributed by atoms with Crippen molar-refractivity contribution < 1.29 is 74.0 Å². The van der Waals surface area contributed by atoms with E-state index in [4.69, 9.17) is 0 Å². The summed E-state index contributed by atoms with van der Waals surface area (Å²) in [6.07, 6.45) is 2.02. The van der Waals surface area contributed by atoms with Crippen molar-refractivity contribution >= 4 is 42.4 Å². The first-order valence-corrected chi connectivity index (χ1v) is 18.9. The summed E-state index contributed by atoms with van der Waals surface area (Å²) in [6.45, 7) is 3.33. The van der Waals surface area contributed by atoms with Gasteiger partial charge in [0.15, 0.2) is 31.0 Å². The Hall–Kier alpha value is -4.87. The topological polar surface area (TPSA) is 239 Å². The standard InChI is InChI=1S/2C17H16N4O4S.Cr.Na/c2*1-11-16(17(23)21(20-11)12-6-4-3-5-7-12)19-18-14-9-8-13(10-15(14)22)26(2,24)25;;/h2*3-10,20,22H,1-2H3;;/q;;;+1/p-2. The monoisotopic (exact) mass is 817 g/mol. The molecule has 0 fully saturated rings. The van der Waals surface area contributed by atoms with Crippen molar-refractivity contribution in [3.63, 3.8) is 0 Å². The van der Waals surface area contributed by atoms with E-state index in [-0.39, 0.29) is 79.5 Å². The van der Waals surface area contributed by atoms with Crippen LogP contribution in [0.4, 0.5) is 22.7 Å². The number of hydrogen-bond acceptors (Lipinski definition) is 12. The Bertz CT molecular complexity index is 2490. The van der Waals surface area contributed by atoms with Gasteiger partial charge in [-0.05, 0) is 74.5 Å². The fourth-order valence-electron chi connectivity index (χ4n) is 4.65. The molecule has 0 spiro atoms. The van der Waals surface area contributed by atoms with Gasteiger partial charge < -0.3 is 10.2 Å². The van der Waals surface area contributed by atoms with Crippen molar-refractivity contribution in [1.29, 1.82) is 0 Å². The SMILES string of the molecule is Cc1[nH]n(-c2ccccc2)c(=O)c1N=Nc1ccc(S(C)(=O)=O)cc1[O-].Cc1[nH]n(-c2ccccc2)c(=O)c1N=Nc1ccc(S(C)(=O)=O)cc1[O-].[Cr].[Na+]. The van der Waals surface area contributed by atoms with Gasteiger partial charge in [-0.3, -0.25) is 19.8 Å². The van der Waals surface area contributed by atoms with Crippen LogP contribution in [0, 0.1) is 13.8 Å². The molecule has 0 aliphatic rings. The summed E-state index contributed by atoms with van der Waals surface area (Å²) in [5, 5.41) is 45.2. The van der Waals surface area contributed by atoms with E-state index < -0.39 is 42.3 Å². The summed E-state index contributed by atoms with van der Waals surface area (Å²) in [6, 6.07) is 24.9. The van der Waals surface area contributed by atoms with Crippen LogP contribution in [0.5, 0.6) is 11.5 Å². The smallest absolute Gasteiger partial charge is 0.871 e. The van der Waals surface area contributed by atoms with E-state index in [1.807, 2.05) is 12.1 Å². The average molecular weight is 818 g/mol. The Balaban J connectivity index is 0.000000280. The van der Waals surface area contributed by atoms with Crippen LogP contribution < -0.4 is 50.9 Å². The number of nitrogens with zero attached hydrogens (tertiary/aromatic N) is 6. The van der Waals surface area contributed by atoms with E-state index in [1.165, 1.54) is 33.6 Å². The number of H-pyrrole nitrogens is 2. The molecule has 0 aliphatic carbocycles. The first-order valence-electron chi connectivity index (χ1n) is 15.1. The fourth-order valence-corrected chi connectivity index (χ4v) is 5.92. The van der Waals surface area contributed by atoms with Gasteiger partial charge in [0.1, 0.15) is 0 Å². The molecule has 54 heavy (non-hydrogen) atoms. The molecule has 0 saturated carbocycles. The summed E-state index contributed by atoms with van der Waals surface area (Å²) in [5.74, 6) is -1.18. The number of hydrogen-bond donors (Lipinski definition) is 2. The quantitative estimate of drug-likeness (QED) is 0.169. The van der Waals surface area contributed by atoms with Gasteiger partial charge in [-0.15, -0.1) is 10.2 Å². The first-order chi connectivity index (χ1) is 24.5. The fraction of sp³-hybridized carbons (Fsp3) is 0.118. The van der Waals surface area contributed by atoms with Crippen LogP contribution in [-0.2, 0) is 37.0 Å². The van der Waals surface area contributed by atoms with E-state index in [1.54, 1.807) is 62.4 Å². The number of aryl methyl sites for hydroxylation is 2. The molecule has 2 heterocycles. The number of aromatic nitrogens is 4. The summed E-state index contributed by atoms with van der Waals surface area (Å²) >= 11 is 0. The Morgan fingerprint density at radius 2 is 0.889 bits per heavy atom. The third-order valence-electron chi connectivity index (χ3n) is 7.34. The van der Waals surface area contributed by atoms with Gasteiger partial charge in [0.25, 0.3) is 11.1 Å². The summed E-state index contributed by atoms with van der Waals surface area (Å²) in [5.41, 5.74) is 1.49. The van der Waals surface area contributed by atoms with Gasteiger partial charge in [-0.2, -0.15) is 10.2 Å². The molecule has 274 valence electrons. The molecule has 0 atom stereocenters. The van der Waals surface area contributed by atoms with Crippen LogP contribution in [0.15, 0.2) is 137 Å². The largest absolute Gasteiger partial charge is 1.00 e. The summed E-state index contributed by atoms with van der Waals surface area (Å²) < 4.78 is 48.5. The van der Waals surface area contributed by atoms with E-state index in [9.17, 15) is 36.6 Å². The number of aromatic amines is 2. The van der Waals surface area contributed by atoms with Crippen molar-refractivity contribution in [1.82, 2.24) is 19.6 Å². The minimum Gasteiger partial charge on any atom is -0.871 e. The van der Waals surface area contributed by atoms with Crippen molar-refractivity contribution in [3.05, 3.63) is 129 Å². The third kappa shape index (κ3) is 10.2. The van der Waals surface area contributed by atoms with Crippen LogP contribution in [-0.4, -0.2) is 48.9 Å². The molecule has 0 radical (unpaired) electrons. The van der Waals surface area contributed by atoms with E-state index >= 15 is 0 Å². The predicted octanol–water partition coefficient (Wildman–Crippen LogP) is 1.73. The minimum absolute atomic E-state index is 0. The number of rotatable bonds is 8. The van der Waals surface area contributed by atoms with Crippen molar-refractivity contribution in [3.8, 4) is 22.9 Å². The van der Waals surface area contributed by atoms with Gasteiger partial charge in [0.05, 0.1) is 43.9 Å². The zero-order valence-corrected chi connectivity index (χ0v) is 34.3. The first kappa shape index (κ1) is 43.5. The summed E-state index contributed by atoms with van der Waals surface area (Å²) in [4.78, 5) is 24.8. The van der Waals surface area contributed by atoms with Crippen LogP contribution in [0.1, 0.15) is 11.4 Å². The van der Waals surface area contributed by atoms with Crippen LogP contribution >= 0.6 is 0 Å². The molecule has 0 aliphatic heterocycles. The van der Waals surface area contributed by atoms with Crippen LogP contribution in [0.3, 0.4) is 0 Å². The molecule has 2 N–H and O–H groups in total. The molecule has 6 rings (SSSR count). The van der Waals surface area contributed by atoms with Crippen molar-refractivity contribution in [2.24, 2.45) is 20.5 Å². The average Bonchev–Trinajstić information content (AvgIpc) is 3.55. The number of para-hydroxylation sites is 2. The zero-order chi connectivity index (χ0) is 37.8. The summed E-state index contributed by atoms with van der Waals surface area (Å²) in [7, 11) is -6.96. The molecule has 2 aromatic heterocycles. The molecular weight excluding hydrogens is 788 g/mol. The molecule has 0 saturated heterocycles. The maximum absolute atomic E-state index is 12.5. The van der Waals surface area contributed by atoms with Gasteiger partial charge in [0.2, 0.25) is 0 Å². The van der Waals surface area contributed by atoms with Gasteiger partial charge in [-0.25, -0.2) is 26.2 Å². The third-order valence-corrected chi connectivity index (χ3v) is 9.56. The molecular formula is C34H30CrN8NaO8S2-. The Kier molecular flexibility index (Phi) is 14.5. The number of benzene rings is 4. The van der Waals surface area contributed by atoms with Gasteiger partial charge in [-0.1, -0.05) is 47.9 Å². The Morgan fingerprint density at radius 3 is 1.19 bits per heavy atom. The molecule has 0 bridgehead atoms. The Labute approximate surface area is 342 Å². The van der Waals surface area contributed by atoms with Gasteiger partial charge >= 0.3 is 29.6 Å². The molecule has 4 aromatic carbocycles. The van der Waals surface area contributed by atoms with E-state index in [0.717, 1.165) is 24.6 Å². The molecule has 0 amide bonds. The van der Waals surface area contributed by atoms with Crippen molar-refractivity contribution in [2.45, 2.75) is 23.6 Å².